The average Bonchev–Trinajstić information content (AvgIpc) is 2.74. The fourth-order valence-corrected chi connectivity index (χ4v) is 2.42. The second-order valence-corrected chi connectivity index (χ2v) is 4.96. The first-order valence-corrected chi connectivity index (χ1v) is 5.74. The first kappa shape index (κ1) is 10.9. The summed E-state index contributed by atoms with van der Waals surface area (Å²) in [6, 6.07) is 0.147. The van der Waals surface area contributed by atoms with Gasteiger partial charge in [0.15, 0.2) is 0 Å². The monoisotopic (exact) mass is 212 g/mol. The van der Waals surface area contributed by atoms with Crippen LogP contribution < -0.4 is 5.73 Å². The van der Waals surface area contributed by atoms with Gasteiger partial charge in [-0.25, -0.2) is 0 Å². The lowest BCUT2D eigenvalue weighted by atomic mass is 10.1. The van der Waals surface area contributed by atoms with Gasteiger partial charge in [-0.15, -0.1) is 0 Å². The summed E-state index contributed by atoms with van der Waals surface area (Å²) in [6.45, 7) is 6.23. The standard InChI is InChI=1S/C11H20N2O2/c1-7-4-13(5-10(7)12)11(14)9-3-8(2)15-6-9/h7-10H,3-6,12H2,1-2H3. The van der Waals surface area contributed by atoms with E-state index in [1.54, 1.807) is 0 Å². The maximum absolute atomic E-state index is 12.1. The first-order valence-electron chi connectivity index (χ1n) is 5.74. The van der Waals surface area contributed by atoms with Crippen LogP contribution in [0.3, 0.4) is 0 Å². The third kappa shape index (κ3) is 2.16. The molecule has 2 saturated heterocycles. The lowest BCUT2D eigenvalue weighted by Crippen LogP contribution is -2.36. The van der Waals surface area contributed by atoms with Gasteiger partial charge in [-0.3, -0.25) is 4.79 Å². The zero-order valence-corrected chi connectivity index (χ0v) is 9.48. The zero-order valence-electron chi connectivity index (χ0n) is 9.48. The number of nitrogens with two attached hydrogens (primary N) is 1. The highest BCUT2D eigenvalue weighted by atomic mass is 16.5. The van der Waals surface area contributed by atoms with Crippen LogP contribution in [-0.2, 0) is 9.53 Å². The molecule has 0 aliphatic carbocycles. The van der Waals surface area contributed by atoms with Crippen LogP contribution in [0.5, 0.6) is 0 Å². The molecule has 4 unspecified atom stereocenters. The van der Waals surface area contributed by atoms with Crippen molar-refractivity contribution in [2.45, 2.75) is 32.4 Å². The lowest BCUT2D eigenvalue weighted by Gasteiger charge is -2.19. The minimum absolute atomic E-state index is 0.0671. The summed E-state index contributed by atoms with van der Waals surface area (Å²) in [5, 5.41) is 0. The minimum atomic E-state index is 0.0671. The predicted molar refractivity (Wildman–Crippen MR) is 57.2 cm³/mol. The van der Waals surface area contributed by atoms with Crippen LogP contribution in [0.25, 0.3) is 0 Å². The fraction of sp³-hybridized carbons (Fsp3) is 0.909. The van der Waals surface area contributed by atoms with Crippen molar-refractivity contribution in [3.05, 3.63) is 0 Å². The van der Waals surface area contributed by atoms with Gasteiger partial charge in [-0.05, 0) is 19.3 Å². The van der Waals surface area contributed by atoms with Crippen molar-refractivity contribution in [3.63, 3.8) is 0 Å². The Morgan fingerprint density at radius 3 is 2.60 bits per heavy atom. The Morgan fingerprint density at radius 1 is 1.40 bits per heavy atom. The van der Waals surface area contributed by atoms with E-state index in [1.807, 2.05) is 11.8 Å². The number of ether oxygens (including phenoxy) is 1. The normalized spacial score (nSPS) is 41.1. The quantitative estimate of drug-likeness (QED) is 0.676. The highest BCUT2D eigenvalue weighted by Crippen LogP contribution is 2.24. The SMILES string of the molecule is CC1CC(C(=O)N2CC(C)C(N)C2)CO1. The summed E-state index contributed by atoms with van der Waals surface area (Å²) < 4.78 is 5.42. The number of rotatable bonds is 1. The van der Waals surface area contributed by atoms with Gasteiger partial charge in [0, 0.05) is 19.1 Å². The van der Waals surface area contributed by atoms with Crippen molar-refractivity contribution in [1.82, 2.24) is 4.90 Å². The smallest absolute Gasteiger partial charge is 0.228 e. The second kappa shape index (κ2) is 4.10. The van der Waals surface area contributed by atoms with E-state index in [0.29, 0.717) is 19.1 Å². The van der Waals surface area contributed by atoms with Crippen molar-refractivity contribution in [2.75, 3.05) is 19.7 Å². The number of carbonyl (C=O) groups excluding carboxylic acids is 1. The summed E-state index contributed by atoms with van der Waals surface area (Å²) in [7, 11) is 0. The van der Waals surface area contributed by atoms with Crippen molar-refractivity contribution in [3.8, 4) is 0 Å². The molecule has 0 aromatic rings. The molecule has 2 aliphatic rings. The molecule has 86 valence electrons. The maximum Gasteiger partial charge on any atom is 0.228 e. The van der Waals surface area contributed by atoms with Gasteiger partial charge in [-0.2, -0.15) is 0 Å². The number of likely N-dealkylation sites (tertiary alicyclic amines) is 1. The predicted octanol–water partition coefficient (Wildman–Crippen LogP) is 0.217. The van der Waals surface area contributed by atoms with E-state index in [1.165, 1.54) is 0 Å². The van der Waals surface area contributed by atoms with Crippen LogP contribution in [0.1, 0.15) is 20.3 Å². The Morgan fingerprint density at radius 2 is 2.13 bits per heavy atom. The Hall–Kier alpha value is -0.610. The van der Waals surface area contributed by atoms with E-state index >= 15 is 0 Å². The van der Waals surface area contributed by atoms with E-state index in [9.17, 15) is 4.79 Å². The van der Waals surface area contributed by atoms with Crippen LogP contribution in [0, 0.1) is 11.8 Å². The molecular weight excluding hydrogens is 192 g/mol. The molecule has 0 radical (unpaired) electrons. The molecule has 0 bridgehead atoms. The zero-order chi connectivity index (χ0) is 11.0. The summed E-state index contributed by atoms with van der Waals surface area (Å²) >= 11 is 0. The molecule has 0 spiro atoms. The molecule has 2 rings (SSSR count). The van der Waals surface area contributed by atoms with E-state index in [2.05, 4.69) is 6.92 Å². The van der Waals surface area contributed by atoms with Crippen LogP contribution in [0.4, 0.5) is 0 Å². The number of amides is 1. The highest BCUT2D eigenvalue weighted by molar-refractivity contribution is 5.79. The van der Waals surface area contributed by atoms with Gasteiger partial charge >= 0.3 is 0 Å². The fourth-order valence-electron chi connectivity index (χ4n) is 2.42. The molecule has 2 heterocycles. The van der Waals surface area contributed by atoms with Crippen molar-refractivity contribution in [2.24, 2.45) is 17.6 Å². The van der Waals surface area contributed by atoms with Gasteiger partial charge in [0.05, 0.1) is 18.6 Å². The van der Waals surface area contributed by atoms with E-state index in [0.717, 1.165) is 13.0 Å². The number of hydrogen-bond donors (Lipinski definition) is 1. The van der Waals surface area contributed by atoms with Gasteiger partial charge in [0.25, 0.3) is 0 Å². The number of nitrogens with zero attached hydrogens (tertiary/aromatic N) is 1. The summed E-state index contributed by atoms with van der Waals surface area (Å²) in [5.41, 5.74) is 5.91. The van der Waals surface area contributed by atoms with Crippen LogP contribution >= 0.6 is 0 Å². The Bertz CT molecular complexity index is 247. The van der Waals surface area contributed by atoms with Gasteiger partial charge in [-0.1, -0.05) is 6.92 Å². The van der Waals surface area contributed by atoms with Crippen molar-refractivity contribution >= 4 is 5.91 Å². The van der Waals surface area contributed by atoms with Crippen molar-refractivity contribution < 1.29 is 9.53 Å². The maximum atomic E-state index is 12.1. The van der Waals surface area contributed by atoms with Crippen LogP contribution in [-0.4, -0.2) is 42.6 Å². The highest BCUT2D eigenvalue weighted by Gasteiger charge is 2.36. The molecule has 2 aliphatic heterocycles. The average molecular weight is 212 g/mol. The van der Waals surface area contributed by atoms with E-state index in [4.69, 9.17) is 10.5 Å². The van der Waals surface area contributed by atoms with E-state index in [-0.39, 0.29) is 24.0 Å². The number of carbonyl (C=O) groups is 1. The number of hydrogen-bond acceptors (Lipinski definition) is 3. The van der Waals surface area contributed by atoms with Crippen molar-refractivity contribution in [1.29, 1.82) is 0 Å². The molecule has 4 atom stereocenters. The lowest BCUT2D eigenvalue weighted by molar-refractivity contribution is -0.134. The summed E-state index contributed by atoms with van der Waals surface area (Å²) in [4.78, 5) is 14.0. The molecule has 0 saturated carbocycles. The largest absolute Gasteiger partial charge is 0.378 e. The third-order valence-corrected chi connectivity index (χ3v) is 3.53. The first-order chi connectivity index (χ1) is 7.08. The van der Waals surface area contributed by atoms with Crippen LogP contribution in [0.2, 0.25) is 0 Å². The molecule has 1 amide bonds. The Balaban J connectivity index is 1.92. The second-order valence-electron chi connectivity index (χ2n) is 4.96. The molecule has 4 heteroatoms. The van der Waals surface area contributed by atoms with Gasteiger partial charge in [0.2, 0.25) is 5.91 Å². The van der Waals surface area contributed by atoms with E-state index < -0.39 is 0 Å². The summed E-state index contributed by atoms with van der Waals surface area (Å²) in [5.74, 6) is 0.727. The molecule has 0 aromatic carbocycles. The third-order valence-electron chi connectivity index (χ3n) is 3.53. The molecule has 2 N–H and O–H groups in total. The minimum Gasteiger partial charge on any atom is -0.378 e. The Kier molecular flexibility index (Phi) is 2.98. The van der Waals surface area contributed by atoms with Gasteiger partial charge in [0.1, 0.15) is 0 Å². The summed E-state index contributed by atoms with van der Waals surface area (Å²) in [6.07, 6.45) is 1.09. The molecule has 4 nitrogen and oxygen atoms in total. The van der Waals surface area contributed by atoms with Crippen LogP contribution in [0.15, 0.2) is 0 Å². The van der Waals surface area contributed by atoms with Gasteiger partial charge < -0.3 is 15.4 Å². The molecule has 0 aromatic heterocycles. The Labute approximate surface area is 90.8 Å². The topological polar surface area (TPSA) is 55.6 Å². The molecule has 15 heavy (non-hydrogen) atoms. The molecule has 2 fully saturated rings. The molecular formula is C11H20N2O2.